The summed E-state index contributed by atoms with van der Waals surface area (Å²) in [6.07, 6.45) is 0. The Morgan fingerprint density at radius 3 is 2.55 bits per heavy atom. The topological polar surface area (TPSA) is 86.7 Å². The maximum Gasteiger partial charge on any atom is 0.335 e. The van der Waals surface area contributed by atoms with Gasteiger partial charge in [-0.1, -0.05) is 0 Å². The first kappa shape index (κ1) is 14.7. The number of halogens is 1. The Morgan fingerprint density at radius 2 is 2.00 bits per heavy atom. The number of anilines is 1. The van der Waals surface area contributed by atoms with E-state index in [1.807, 2.05) is 0 Å². The fourth-order valence-electron chi connectivity index (χ4n) is 1.68. The lowest BCUT2D eigenvalue weighted by Gasteiger charge is -2.13. The van der Waals surface area contributed by atoms with E-state index in [-0.39, 0.29) is 29.1 Å². The Morgan fingerprint density at radius 1 is 1.35 bits per heavy atom. The number of alkyl halides is 1. The second-order valence-electron chi connectivity index (χ2n) is 3.97. The van der Waals surface area contributed by atoms with Crippen LogP contribution in [0.5, 0.6) is 0 Å². The predicted octanol–water partition coefficient (Wildman–Crippen LogP) is 2.06. The van der Waals surface area contributed by atoms with Crippen LogP contribution in [0, 0.1) is 0 Å². The third kappa shape index (κ3) is 3.05. The number of carbonyl (C=O) groups is 3. The average molecular weight is 315 g/mol. The molecule has 2 amide bonds. The zero-order valence-corrected chi connectivity index (χ0v) is 11.8. The number of carbonyl (C=O) groups excluding carboxylic acids is 2. The Kier molecular flexibility index (Phi) is 4.51. The fraction of sp³-hybridized carbons (Fsp3) is 0.250. The molecule has 6 nitrogen and oxygen atoms in total. The van der Waals surface area contributed by atoms with E-state index < -0.39 is 11.3 Å². The van der Waals surface area contributed by atoms with Crippen molar-refractivity contribution in [3.8, 4) is 0 Å². The molecule has 1 aromatic rings. The van der Waals surface area contributed by atoms with Crippen molar-refractivity contribution in [2.45, 2.75) is 5.37 Å². The minimum absolute atomic E-state index is 0.154. The minimum Gasteiger partial charge on any atom is -0.478 e. The summed E-state index contributed by atoms with van der Waals surface area (Å²) in [5.41, 5.74) is 0.724. The van der Waals surface area contributed by atoms with E-state index in [0.29, 0.717) is 5.69 Å². The molecular weight excluding hydrogens is 304 g/mol. The molecule has 1 heterocycles. The molecule has 0 spiro atoms. The lowest BCUT2D eigenvalue weighted by Crippen LogP contribution is -2.35. The average Bonchev–Trinajstić information content (AvgIpc) is 2.67. The second-order valence-corrected chi connectivity index (χ2v) is 5.40. The van der Waals surface area contributed by atoms with Crippen molar-refractivity contribution in [3.63, 3.8) is 0 Å². The first-order valence-electron chi connectivity index (χ1n) is 5.71. The largest absolute Gasteiger partial charge is 0.478 e. The molecule has 0 radical (unpaired) electrons. The van der Waals surface area contributed by atoms with Crippen molar-refractivity contribution in [1.29, 1.82) is 0 Å². The number of imide groups is 1. The molecule has 0 unspecified atom stereocenters. The van der Waals surface area contributed by atoms with Crippen LogP contribution in [0.4, 0.5) is 10.5 Å². The van der Waals surface area contributed by atoms with Crippen molar-refractivity contribution in [1.82, 2.24) is 4.90 Å². The molecule has 1 saturated heterocycles. The number of amides is 2. The number of nitrogens with zero attached hydrogens (tertiary/aromatic N) is 1. The molecule has 0 bridgehead atoms. The smallest absolute Gasteiger partial charge is 0.335 e. The van der Waals surface area contributed by atoms with Crippen LogP contribution in [0.25, 0.3) is 0 Å². The molecule has 20 heavy (non-hydrogen) atoms. The van der Waals surface area contributed by atoms with Crippen molar-refractivity contribution >= 4 is 46.2 Å². The Bertz CT molecular complexity index is 549. The van der Waals surface area contributed by atoms with E-state index in [4.69, 9.17) is 16.7 Å². The second kappa shape index (κ2) is 6.15. The van der Waals surface area contributed by atoms with E-state index >= 15 is 0 Å². The van der Waals surface area contributed by atoms with Crippen LogP contribution in [0.2, 0.25) is 0 Å². The Hall–Kier alpha value is -1.73. The number of benzene rings is 1. The molecule has 0 aromatic heterocycles. The first-order valence-corrected chi connectivity index (χ1v) is 7.12. The van der Waals surface area contributed by atoms with Crippen molar-refractivity contribution in [2.24, 2.45) is 0 Å². The summed E-state index contributed by atoms with van der Waals surface area (Å²) < 4.78 is 0. The highest BCUT2D eigenvalue weighted by molar-refractivity contribution is 8.15. The molecule has 2 rings (SSSR count). The fourth-order valence-corrected chi connectivity index (χ4v) is 2.79. The highest BCUT2D eigenvalue weighted by atomic mass is 35.5. The van der Waals surface area contributed by atoms with Gasteiger partial charge in [-0.3, -0.25) is 14.5 Å². The van der Waals surface area contributed by atoms with Gasteiger partial charge in [-0.05, 0) is 36.0 Å². The normalized spacial score (nSPS) is 18.4. The predicted molar refractivity (Wildman–Crippen MR) is 76.2 cm³/mol. The molecule has 2 N–H and O–H groups in total. The summed E-state index contributed by atoms with van der Waals surface area (Å²) >= 11 is 6.41. The number of aromatic carboxylic acids is 1. The van der Waals surface area contributed by atoms with E-state index in [2.05, 4.69) is 5.32 Å². The van der Waals surface area contributed by atoms with Crippen LogP contribution in [0.3, 0.4) is 0 Å². The van der Waals surface area contributed by atoms with Crippen molar-refractivity contribution < 1.29 is 19.5 Å². The van der Waals surface area contributed by atoms with Crippen molar-refractivity contribution in [3.05, 3.63) is 29.8 Å². The molecule has 106 valence electrons. The number of hydrogen-bond donors (Lipinski definition) is 2. The van der Waals surface area contributed by atoms with Crippen LogP contribution in [0.15, 0.2) is 24.3 Å². The zero-order chi connectivity index (χ0) is 14.7. The van der Waals surface area contributed by atoms with Gasteiger partial charge in [0.25, 0.3) is 11.1 Å². The highest BCUT2D eigenvalue weighted by Gasteiger charge is 2.39. The molecular formula is C12H11ClN2O4S. The third-order valence-corrected chi connectivity index (χ3v) is 3.81. The lowest BCUT2D eigenvalue weighted by molar-refractivity contribution is -0.126. The summed E-state index contributed by atoms with van der Waals surface area (Å²) in [4.78, 5) is 35.4. The Labute approximate surface area is 124 Å². The van der Waals surface area contributed by atoms with Gasteiger partial charge in [0.2, 0.25) is 0 Å². The summed E-state index contributed by atoms with van der Waals surface area (Å²) in [5, 5.41) is 10.6. The van der Waals surface area contributed by atoms with Crippen LogP contribution in [0.1, 0.15) is 10.4 Å². The third-order valence-electron chi connectivity index (χ3n) is 2.67. The molecule has 0 aliphatic carbocycles. The summed E-state index contributed by atoms with van der Waals surface area (Å²) in [6.45, 7) is 0.183. The van der Waals surface area contributed by atoms with E-state index in [0.717, 1.165) is 16.7 Å². The highest BCUT2D eigenvalue weighted by Crippen LogP contribution is 2.28. The van der Waals surface area contributed by atoms with Gasteiger partial charge in [0.1, 0.15) is 0 Å². The molecule has 1 aliphatic rings. The molecule has 1 aromatic carbocycles. The molecule has 1 fully saturated rings. The minimum atomic E-state index is -1.02. The van der Waals surface area contributed by atoms with E-state index in [9.17, 15) is 14.4 Å². The van der Waals surface area contributed by atoms with E-state index in [1.54, 1.807) is 12.1 Å². The maximum absolute atomic E-state index is 12.0. The van der Waals surface area contributed by atoms with Crippen LogP contribution in [-0.2, 0) is 4.79 Å². The standard InChI is InChI=1S/C12H11ClN2O4S/c13-5-6-15-10(16)9(20-12(15)19)14-8-3-1-7(2-4-8)11(17)18/h1-4,9,14H,5-6H2,(H,17,18)/t9-/m1/s1. The number of nitrogens with one attached hydrogen (secondary N) is 1. The van der Waals surface area contributed by atoms with Gasteiger partial charge in [-0.2, -0.15) is 0 Å². The number of hydrogen-bond acceptors (Lipinski definition) is 5. The lowest BCUT2D eigenvalue weighted by atomic mass is 10.2. The zero-order valence-electron chi connectivity index (χ0n) is 10.2. The maximum atomic E-state index is 12.0. The van der Waals surface area contributed by atoms with Gasteiger partial charge in [0.15, 0.2) is 5.37 Å². The number of carboxylic acids is 1. The van der Waals surface area contributed by atoms with Gasteiger partial charge < -0.3 is 10.4 Å². The molecule has 8 heteroatoms. The van der Waals surface area contributed by atoms with Gasteiger partial charge in [-0.15, -0.1) is 11.6 Å². The Balaban J connectivity index is 2.05. The quantitative estimate of drug-likeness (QED) is 0.809. The number of rotatable bonds is 5. The molecule has 1 aliphatic heterocycles. The molecule has 0 saturated carbocycles. The summed E-state index contributed by atoms with van der Waals surface area (Å²) in [6, 6.07) is 5.94. The summed E-state index contributed by atoms with van der Waals surface area (Å²) in [7, 11) is 0. The van der Waals surface area contributed by atoms with Gasteiger partial charge in [0, 0.05) is 18.1 Å². The van der Waals surface area contributed by atoms with Crippen LogP contribution >= 0.6 is 23.4 Å². The SMILES string of the molecule is O=C(O)c1ccc(N[C@@H]2SC(=O)N(CCCl)C2=O)cc1. The van der Waals surface area contributed by atoms with Gasteiger partial charge in [0.05, 0.1) is 5.56 Å². The monoisotopic (exact) mass is 314 g/mol. The number of thioether (sulfide) groups is 1. The van der Waals surface area contributed by atoms with Crippen LogP contribution < -0.4 is 5.32 Å². The van der Waals surface area contributed by atoms with E-state index in [1.165, 1.54) is 12.1 Å². The van der Waals surface area contributed by atoms with Gasteiger partial charge in [-0.25, -0.2) is 4.79 Å². The van der Waals surface area contributed by atoms with Crippen molar-refractivity contribution in [2.75, 3.05) is 17.7 Å². The van der Waals surface area contributed by atoms with Gasteiger partial charge >= 0.3 is 5.97 Å². The first-order chi connectivity index (χ1) is 9.52. The molecule has 1 atom stereocenters. The van der Waals surface area contributed by atoms with Crippen LogP contribution in [-0.4, -0.2) is 44.9 Å². The summed E-state index contributed by atoms with van der Waals surface area (Å²) in [5.74, 6) is -1.17. The number of carboxylic acid groups (broad SMARTS) is 1.